The van der Waals surface area contributed by atoms with E-state index in [2.05, 4.69) is 6.58 Å². The van der Waals surface area contributed by atoms with Gasteiger partial charge in [-0.1, -0.05) is 30.3 Å². The molecule has 1 aromatic carbocycles. The van der Waals surface area contributed by atoms with E-state index in [1.807, 2.05) is 43.3 Å². The van der Waals surface area contributed by atoms with Crippen LogP contribution >= 0.6 is 11.6 Å². The van der Waals surface area contributed by atoms with Gasteiger partial charge in [0.05, 0.1) is 6.61 Å². The van der Waals surface area contributed by atoms with Crippen LogP contribution in [0.1, 0.15) is 18.9 Å². The quantitative estimate of drug-likeness (QED) is 0.750. The molecule has 0 amide bonds. The van der Waals surface area contributed by atoms with Crippen LogP contribution in [0.25, 0.3) is 5.57 Å². The molecule has 0 spiro atoms. The standard InChI is InChI=1S/C15H20ClNO2/c1-5-19-15(18)14(17(3)4)10-11(2)12-6-8-13(16)9-7-12/h6-9,14H,2,5,10H2,1,3-4H3. The minimum atomic E-state index is -0.317. The van der Waals surface area contributed by atoms with Crippen LogP contribution in [0.4, 0.5) is 0 Å². The van der Waals surface area contributed by atoms with Crippen LogP contribution in [-0.4, -0.2) is 37.6 Å². The molecule has 0 bridgehead atoms. The number of ether oxygens (including phenoxy) is 1. The van der Waals surface area contributed by atoms with Gasteiger partial charge in [-0.3, -0.25) is 9.69 Å². The van der Waals surface area contributed by atoms with Crippen LogP contribution in [-0.2, 0) is 9.53 Å². The fraction of sp³-hybridized carbons (Fsp3) is 0.400. The average molecular weight is 282 g/mol. The summed E-state index contributed by atoms with van der Waals surface area (Å²) in [6.07, 6.45) is 0.535. The van der Waals surface area contributed by atoms with Crippen LogP contribution in [0.5, 0.6) is 0 Å². The van der Waals surface area contributed by atoms with Crippen molar-refractivity contribution in [2.24, 2.45) is 0 Å². The highest BCUT2D eigenvalue weighted by Crippen LogP contribution is 2.22. The maximum Gasteiger partial charge on any atom is 0.323 e. The zero-order valence-electron chi connectivity index (χ0n) is 11.6. The fourth-order valence-electron chi connectivity index (χ4n) is 1.75. The molecule has 4 heteroatoms. The fourth-order valence-corrected chi connectivity index (χ4v) is 1.88. The Bertz CT molecular complexity index is 440. The summed E-state index contributed by atoms with van der Waals surface area (Å²) >= 11 is 5.85. The molecule has 0 saturated heterocycles. The first-order valence-electron chi connectivity index (χ1n) is 6.22. The van der Waals surface area contributed by atoms with E-state index < -0.39 is 0 Å². The van der Waals surface area contributed by atoms with Gasteiger partial charge < -0.3 is 4.74 Å². The van der Waals surface area contributed by atoms with Gasteiger partial charge >= 0.3 is 5.97 Å². The van der Waals surface area contributed by atoms with Gasteiger partial charge in [0.25, 0.3) is 0 Å². The Morgan fingerprint density at radius 2 is 1.95 bits per heavy atom. The van der Waals surface area contributed by atoms with Crippen molar-refractivity contribution in [1.29, 1.82) is 0 Å². The van der Waals surface area contributed by atoms with Crippen LogP contribution in [0.2, 0.25) is 5.02 Å². The average Bonchev–Trinajstić information content (AvgIpc) is 2.36. The molecule has 0 radical (unpaired) electrons. The summed E-state index contributed by atoms with van der Waals surface area (Å²) in [7, 11) is 3.72. The van der Waals surface area contributed by atoms with Crippen molar-refractivity contribution < 1.29 is 9.53 Å². The molecule has 0 saturated carbocycles. The Balaban J connectivity index is 2.76. The Morgan fingerprint density at radius 3 is 2.42 bits per heavy atom. The predicted molar refractivity (Wildman–Crippen MR) is 79.2 cm³/mol. The lowest BCUT2D eigenvalue weighted by molar-refractivity contribution is -0.148. The second-order valence-corrected chi connectivity index (χ2v) is 4.98. The summed E-state index contributed by atoms with van der Waals surface area (Å²) in [6.45, 7) is 6.23. The van der Waals surface area contributed by atoms with Crippen molar-refractivity contribution in [1.82, 2.24) is 4.90 Å². The number of esters is 1. The number of carbonyl (C=O) groups excluding carboxylic acids is 1. The van der Waals surface area contributed by atoms with E-state index in [1.165, 1.54) is 0 Å². The monoisotopic (exact) mass is 281 g/mol. The molecule has 1 rings (SSSR count). The van der Waals surface area contributed by atoms with Crippen molar-refractivity contribution in [2.75, 3.05) is 20.7 Å². The molecule has 0 heterocycles. The third-order valence-corrected chi connectivity index (χ3v) is 3.13. The molecule has 0 aliphatic rings. The lowest BCUT2D eigenvalue weighted by Crippen LogP contribution is -2.37. The predicted octanol–water partition coefficient (Wildman–Crippen LogP) is 3.24. The summed E-state index contributed by atoms with van der Waals surface area (Å²) in [4.78, 5) is 13.7. The van der Waals surface area contributed by atoms with Crippen molar-refractivity contribution in [3.8, 4) is 0 Å². The zero-order valence-corrected chi connectivity index (χ0v) is 12.4. The number of benzene rings is 1. The molecule has 1 aromatic rings. The van der Waals surface area contributed by atoms with Gasteiger partial charge in [0, 0.05) is 5.02 Å². The number of nitrogens with zero attached hydrogens (tertiary/aromatic N) is 1. The van der Waals surface area contributed by atoms with Crippen molar-refractivity contribution in [3.05, 3.63) is 41.4 Å². The molecule has 19 heavy (non-hydrogen) atoms. The van der Waals surface area contributed by atoms with Gasteiger partial charge in [0.15, 0.2) is 0 Å². The Kier molecular flexibility index (Phi) is 6.06. The molecular formula is C15H20ClNO2. The smallest absolute Gasteiger partial charge is 0.323 e. The molecular weight excluding hydrogens is 262 g/mol. The van der Waals surface area contributed by atoms with E-state index in [9.17, 15) is 4.79 Å². The van der Waals surface area contributed by atoms with Crippen LogP contribution < -0.4 is 0 Å². The molecule has 0 fully saturated rings. The van der Waals surface area contributed by atoms with Gasteiger partial charge in [-0.2, -0.15) is 0 Å². The van der Waals surface area contributed by atoms with Gasteiger partial charge in [-0.25, -0.2) is 0 Å². The third kappa shape index (κ3) is 4.69. The number of hydrogen-bond donors (Lipinski definition) is 0. The second-order valence-electron chi connectivity index (χ2n) is 4.55. The zero-order chi connectivity index (χ0) is 14.4. The highest BCUT2D eigenvalue weighted by molar-refractivity contribution is 6.30. The van der Waals surface area contributed by atoms with Crippen LogP contribution in [0, 0.1) is 0 Å². The van der Waals surface area contributed by atoms with Gasteiger partial charge in [0.2, 0.25) is 0 Å². The van der Waals surface area contributed by atoms with Crippen molar-refractivity contribution >= 4 is 23.1 Å². The highest BCUT2D eigenvalue weighted by Gasteiger charge is 2.23. The first kappa shape index (κ1) is 15.7. The Labute approximate surface area is 119 Å². The SMILES string of the molecule is C=C(CC(C(=O)OCC)N(C)C)c1ccc(Cl)cc1. The Hall–Kier alpha value is -1.32. The minimum absolute atomic E-state index is 0.220. The van der Waals surface area contributed by atoms with E-state index >= 15 is 0 Å². The molecule has 104 valence electrons. The molecule has 0 aromatic heterocycles. The normalized spacial score (nSPS) is 12.3. The molecule has 0 aliphatic carbocycles. The number of hydrogen-bond acceptors (Lipinski definition) is 3. The van der Waals surface area contributed by atoms with E-state index in [0.29, 0.717) is 18.1 Å². The maximum atomic E-state index is 11.9. The summed E-state index contributed by atoms with van der Waals surface area (Å²) in [6, 6.07) is 7.13. The summed E-state index contributed by atoms with van der Waals surface area (Å²) in [5.74, 6) is -0.220. The lowest BCUT2D eigenvalue weighted by Gasteiger charge is -2.23. The van der Waals surface area contributed by atoms with E-state index in [0.717, 1.165) is 11.1 Å². The Morgan fingerprint density at radius 1 is 1.37 bits per heavy atom. The minimum Gasteiger partial charge on any atom is -0.465 e. The van der Waals surface area contributed by atoms with Crippen molar-refractivity contribution in [2.45, 2.75) is 19.4 Å². The summed E-state index contributed by atoms with van der Waals surface area (Å²) in [5.41, 5.74) is 1.88. The van der Waals surface area contributed by atoms with Gasteiger partial charge in [0.1, 0.15) is 6.04 Å². The molecule has 3 nitrogen and oxygen atoms in total. The number of halogens is 1. The van der Waals surface area contributed by atoms with E-state index in [-0.39, 0.29) is 12.0 Å². The molecule has 0 aliphatic heterocycles. The lowest BCUT2D eigenvalue weighted by atomic mass is 9.99. The largest absolute Gasteiger partial charge is 0.465 e. The topological polar surface area (TPSA) is 29.5 Å². The summed E-state index contributed by atoms with van der Waals surface area (Å²) < 4.78 is 5.08. The number of likely N-dealkylation sites (N-methyl/N-ethyl adjacent to an activating group) is 1. The van der Waals surface area contributed by atoms with E-state index in [4.69, 9.17) is 16.3 Å². The van der Waals surface area contributed by atoms with Crippen molar-refractivity contribution in [3.63, 3.8) is 0 Å². The molecule has 1 unspecified atom stereocenters. The number of rotatable bonds is 6. The van der Waals surface area contributed by atoms with Gasteiger partial charge in [-0.15, -0.1) is 0 Å². The second kappa shape index (κ2) is 7.31. The first-order valence-corrected chi connectivity index (χ1v) is 6.60. The van der Waals surface area contributed by atoms with Crippen LogP contribution in [0.15, 0.2) is 30.8 Å². The third-order valence-electron chi connectivity index (χ3n) is 2.87. The maximum absolute atomic E-state index is 11.9. The molecule has 1 atom stereocenters. The number of carbonyl (C=O) groups is 1. The summed E-state index contributed by atoms with van der Waals surface area (Å²) in [5, 5.41) is 0.686. The van der Waals surface area contributed by atoms with Gasteiger partial charge in [-0.05, 0) is 50.7 Å². The van der Waals surface area contributed by atoms with E-state index in [1.54, 1.807) is 6.92 Å². The van der Waals surface area contributed by atoms with Crippen LogP contribution in [0.3, 0.4) is 0 Å². The highest BCUT2D eigenvalue weighted by atomic mass is 35.5. The molecule has 0 N–H and O–H groups in total. The first-order chi connectivity index (χ1) is 8.95.